The summed E-state index contributed by atoms with van der Waals surface area (Å²) in [5.74, 6) is -1.19. The van der Waals surface area contributed by atoms with Gasteiger partial charge in [-0.1, -0.05) is 43.3 Å². The molecule has 0 fully saturated rings. The summed E-state index contributed by atoms with van der Waals surface area (Å²) in [6.07, 6.45) is 4.14. The third kappa shape index (κ3) is 4.88. The predicted octanol–water partition coefficient (Wildman–Crippen LogP) is 2.63. The molecule has 0 aliphatic heterocycles. The Balaban J connectivity index is 2.70. The average Bonchev–Trinajstić information content (AvgIpc) is 2.53. The number of rotatable bonds is 7. The molecule has 4 heteroatoms. The predicted molar refractivity (Wildman–Crippen MR) is 89.4 cm³/mol. The summed E-state index contributed by atoms with van der Waals surface area (Å²) >= 11 is 0. The summed E-state index contributed by atoms with van der Waals surface area (Å²) in [5, 5.41) is 2.73. The molecule has 1 aromatic carbocycles. The Labute approximate surface area is 132 Å². The van der Waals surface area contributed by atoms with Gasteiger partial charge in [0.1, 0.15) is 0 Å². The Morgan fingerprint density at radius 3 is 2.18 bits per heavy atom. The molecule has 0 aliphatic carbocycles. The van der Waals surface area contributed by atoms with Gasteiger partial charge in [0.05, 0.1) is 6.04 Å². The Morgan fingerprint density at radius 1 is 1.18 bits per heavy atom. The monoisotopic (exact) mass is 300 g/mol. The number of benzene rings is 1. The van der Waals surface area contributed by atoms with Gasteiger partial charge in [-0.15, -0.1) is 13.2 Å². The van der Waals surface area contributed by atoms with Crippen molar-refractivity contribution in [2.75, 3.05) is 13.1 Å². The van der Waals surface area contributed by atoms with E-state index in [1.807, 2.05) is 31.2 Å². The average molecular weight is 300 g/mol. The highest BCUT2D eigenvalue weighted by Crippen LogP contribution is 2.13. The van der Waals surface area contributed by atoms with Crippen LogP contribution in [0.1, 0.15) is 31.0 Å². The van der Waals surface area contributed by atoms with Crippen LogP contribution in [-0.2, 0) is 16.0 Å². The molecule has 0 saturated carbocycles. The lowest BCUT2D eigenvalue weighted by Crippen LogP contribution is -2.43. The van der Waals surface area contributed by atoms with Crippen molar-refractivity contribution in [1.29, 1.82) is 0 Å². The smallest absolute Gasteiger partial charge is 0.312 e. The second kappa shape index (κ2) is 8.82. The number of hydrogen-bond donors (Lipinski definition) is 1. The normalized spacial score (nSPS) is 11.4. The summed E-state index contributed by atoms with van der Waals surface area (Å²) < 4.78 is 0. The number of hydrogen-bond acceptors (Lipinski definition) is 2. The zero-order valence-electron chi connectivity index (χ0n) is 13.3. The van der Waals surface area contributed by atoms with E-state index in [0.717, 1.165) is 12.0 Å². The molecular weight excluding hydrogens is 276 g/mol. The SMILES string of the molecule is C=CCN(CC=C)C(=O)C(=O)NC(C)c1ccc(CC)cc1. The first-order chi connectivity index (χ1) is 10.5. The lowest BCUT2D eigenvalue weighted by atomic mass is 10.0. The topological polar surface area (TPSA) is 49.4 Å². The maximum atomic E-state index is 12.1. The van der Waals surface area contributed by atoms with Gasteiger partial charge in [0, 0.05) is 13.1 Å². The van der Waals surface area contributed by atoms with Crippen LogP contribution in [0.25, 0.3) is 0 Å². The molecule has 1 atom stereocenters. The molecule has 0 radical (unpaired) electrons. The van der Waals surface area contributed by atoms with Crippen molar-refractivity contribution >= 4 is 11.8 Å². The van der Waals surface area contributed by atoms with Crippen LogP contribution in [-0.4, -0.2) is 29.8 Å². The zero-order chi connectivity index (χ0) is 16.5. The van der Waals surface area contributed by atoms with Crippen molar-refractivity contribution in [1.82, 2.24) is 10.2 Å². The number of aryl methyl sites for hydroxylation is 1. The molecule has 0 bridgehead atoms. The number of carbonyl (C=O) groups excluding carboxylic acids is 2. The fourth-order valence-electron chi connectivity index (χ4n) is 2.08. The van der Waals surface area contributed by atoms with Crippen molar-refractivity contribution < 1.29 is 9.59 Å². The van der Waals surface area contributed by atoms with Crippen molar-refractivity contribution in [3.05, 3.63) is 60.7 Å². The Hall–Kier alpha value is -2.36. The quantitative estimate of drug-likeness (QED) is 0.621. The van der Waals surface area contributed by atoms with E-state index in [9.17, 15) is 9.59 Å². The van der Waals surface area contributed by atoms with Gasteiger partial charge in [0.25, 0.3) is 0 Å². The molecule has 1 aromatic rings. The fourth-order valence-corrected chi connectivity index (χ4v) is 2.08. The highest BCUT2D eigenvalue weighted by Gasteiger charge is 2.21. The number of nitrogens with one attached hydrogen (secondary N) is 1. The molecule has 0 spiro atoms. The largest absolute Gasteiger partial charge is 0.341 e. The first kappa shape index (κ1) is 17.7. The standard InChI is InChI=1S/C18H24N2O2/c1-5-12-20(13-6-2)18(22)17(21)19-14(4)16-10-8-15(7-3)9-11-16/h5-6,8-11,14H,1-2,7,12-13H2,3-4H3,(H,19,21). The second-order valence-corrected chi connectivity index (χ2v) is 5.08. The van der Waals surface area contributed by atoms with Crippen LogP contribution in [0.5, 0.6) is 0 Å². The summed E-state index contributed by atoms with van der Waals surface area (Å²) in [7, 11) is 0. The third-order valence-corrected chi connectivity index (χ3v) is 3.42. The Bertz CT molecular complexity index is 525. The minimum Gasteiger partial charge on any atom is -0.341 e. The van der Waals surface area contributed by atoms with Gasteiger partial charge in [-0.3, -0.25) is 9.59 Å². The van der Waals surface area contributed by atoms with Gasteiger partial charge in [0.2, 0.25) is 0 Å². The Morgan fingerprint density at radius 2 is 1.73 bits per heavy atom. The molecule has 1 rings (SSSR count). The van der Waals surface area contributed by atoms with Gasteiger partial charge >= 0.3 is 11.8 Å². The van der Waals surface area contributed by atoms with Gasteiger partial charge < -0.3 is 10.2 Å². The molecule has 1 N–H and O–H groups in total. The van der Waals surface area contributed by atoms with Crippen LogP contribution in [0.15, 0.2) is 49.6 Å². The summed E-state index contributed by atoms with van der Waals surface area (Å²) in [5.41, 5.74) is 2.21. The first-order valence-electron chi connectivity index (χ1n) is 7.43. The molecule has 0 saturated heterocycles. The van der Waals surface area contributed by atoms with E-state index < -0.39 is 11.8 Å². The molecule has 22 heavy (non-hydrogen) atoms. The van der Waals surface area contributed by atoms with Crippen LogP contribution < -0.4 is 5.32 Å². The van der Waals surface area contributed by atoms with E-state index in [1.54, 1.807) is 12.2 Å². The lowest BCUT2D eigenvalue weighted by molar-refractivity contribution is -0.145. The van der Waals surface area contributed by atoms with E-state index in [1.165, 1.54) is 10.5 Å². The summed E-state index contributed by atoms with van der Waals surface area (Å²) in [6, 6.07) is 7.78. The van der Waals surface area contributed by atoms with Crippen LogP contribution in [0.2, 0.25) is 0 Å². The molecule has 0 aliphatic rings. The van der Waals surface area contributed by atoms with Crippen molar-refractivity contribution in [3.63, 3.8) is 0 Å². The minimum absolute atomic E-state index is 0.225. The van der Waals surface area contributed by atoms with Crippen LogP contribution in [0, 0.1) is 0 Å². The van der Waals surface area contributed by atoms with Crippen LogP contribution in [0.4, 0.5) is 0 Å². The highest BCUT2D eigenvalue weighted by atomic mass is 16.2. The fraction of sp³-hybridized carbons (Fsp3) is 0.333. The second-order valence-electron chi connectivity index (χ2n) is 5.08. The number of nitrogens with zero attached hydrogens (tertiary/aromatic N) is 1. The number of amides is 2. The molecule has 0 aromatic heterocycles. The van der Waals surface area contributed by atoms with Gasteiger partial charge in [-0.05, 0) is 24.5 Å². The number of carbonyl (C=O) groups is 2. The minimum atomic E-state index is -0.615. The third-order valence-electron chi connectivity index (χ3n) is 3.42. The van der Waals surface area contributed by atoms with E-state index in [4.69, 9.17) is 0 Å². The summed E-state index contributed by atoms with van der Waals surface area (Å²) in [4.78, 5) is 25.6. The molecule has 118 valence electrons. The van der Waals surface area contributed by atoms with Crippen LogP contribution in [0.3, 0.4) is 0 Å². The first-order valence-corrected chi connectivity index (χ1v) is 7.43. The van der Waals surface area contributed by atoms with Crippen LogP contribution >= 0.6 is 0 Å². The van der Waals surface area contributed by atoms with Gasteiger partial charge in [0.15, 0.2) is 0 Å². The van der Waals surface area contributed by atoms with E-state index in [-0.39, 0.29) is 6.04 Å². The van der Waals surface area contributed by atoms with Gasteiger partial charge in [-0.2, -0.15) is 0 Å². The Kier molecular flexibility index (Phi) is 7.09. The zero-order valence-corrected chi connectivity index (χ0v) is 13.3. The molecule has 0 heterocycles. The summed E-state index contributed by atoms with van der Waals surface area (Å²) in [6.45, 7) is 11.8. The van der Waals surface area contributed by atoms with Crippen molar-refractivity contribution in [2.24, 2.45) is 0 Å². The molecule has 1 unspecified atom stereocenters. The van der Waals surface area contributed by atoms with E-state index in [2.05, 4.69) is 25.4 Å². The molecule has 4 nitrogen and oxygen atoms in total. The lowest BCUT2D eigenvalue weighted by Gasteiger charge is -2.20. The van der Waals surface area contributed by atoms with Crippen molar-refractivity contribution in [3.8, 4) is 0 Å². The van der Waals surface area contributed by atoms with E-state index >= 15 is 0 Å². The van der Waals surface area contributed by atoms with Crippen molar-refractivity contribution in [2.45, 2.75) is 26.3 Å². The maximum Gasteiger partial charge on any atom is 0.312 e. The molecular formula is C18H24N2O2. The molecule has 2 amide bonds. The highest BCUT2D eigenvalue weighted by molar-refractivity contribution is 6.35. The maximum absolute atomic E-state index is 12.1. The van der Waals surface area contributed by atoms with Gasteiger partial charge in [-0.25, -0.2) is 0 Å². The van der Waals surface area contributed by atoms with E-state index in [0.29, 0.717) is 13.1 Å².